The fourth-order valence-corrected chi connectivity index (χ4v) is 7.52. The molecule has 4 fully saturated rings. The number of benzene rings is 2. The first-order valence-corrected chi connectivity index (χ1v) is 22.4. The van der Waals surface area contributed by atoms with Gasteiger partial charge in [-0.05, 0) is 164 Å². The largest absolute Gasteiger partial charge is 0.501 e. The average Bonchev–Trinajstić information content (AvgIpc) is 3.26. The van der Waals surface area contributed by atoms with Gasteiger partial charge in [0, 0.05) is 36.5 Å². The quantitative estimate of drug-likeness (QED) is 0.0866. The lowest BCUT2D eigenvalue weighted by atomic mass is 9.80. The van der Waals surface area contributed by atoms with Crippen LogP contribution in [0.25, 0.3) is 0 Å². The lowest BCUT2D eigenvalue weighted by molar-refractivity contribution is -0.390. The van der Waals surface area contributed by atoms with Crippen LogP contribution in [0.2, 0.25) is 0 Å². The summed E-state index contributed by atoms with van der Waals surface area (Å²) in [5, 5.41) is 39.4. The monoisotopic (exact) mass is 990 g/mol. The smallest absolute Gasteiger partial charge is 0.406 e. The molecule has 4 aromatic rings. The Kier molecular flexibility index (Phi) is 17.4. The van der Waals surface area contributed by atoms with Gasteiger partial charge in [-0.1, -0.05) is 47.9 Å². The van der Waals surface area contributed by atoms with Gasteiger partial charge in [-0.15, -0.1) is 0 Å². The van der Waals surface area contributed by atoms with Crippen molar-refractivity contribution >= 4 is 43.5 Å². The molecular weight excluding hydrogens is 944 g/mol. The fraction of sp³-hybridized carbons (Fsp3) is 0.435. The van der Waals surface area contributed by atoms with Crippen molar-refractivity contribution in [2.45, 2.75) is 114 Å². The maximum absolute atomic E-state index is 11.2. The van der Waals surface area contributed by atoms with E-state index < -0.39 is 27.0 Å². The third-order valence-electron chi connectivity index (χ3n) is 10.6. The van der Waals surface area contributed by atoms with Crippen LogP contribution in [0.5, 0.6) is 11.5 Å². The number of pyridine rings is 2. The van der Waals surface area contributed by atoms with E-state index >= 15 is 0 Å². The van der Waals surface area contributed by atoms with Crippen molar-refractivity contribution in [3.8, 4) is 35.2 Å². The normalized spacial score (nSPS) is 19.2. The van der Waals surface area contributed by atoms with Crippen molar-refractivity contribution in [3.63, 3.8) is 0 Å². The molecule has 0 bridgehead atoms. The maximum atomic E-state index is 11.2. The summed E-state index contributed by atoms with van der Waals surface area (Å²) < 4.78 is 30.6. The Labute approximate surface area is 382 Å². The third kappa shape index (κ3) is 14.3. The zero-order chi connectivity index (χ0) is 44.7. The predicted octanol–water partition coefficient (Wildman–Crippen LogP) is 9.60. The average molecular weight is 993 g/mol. The van der Waals surface area contributed by atoms with E-state index in [1.54, 1.807) is 6.07 Å². The minimum atomic E-state index is -0.748. The molecule has 0 radical (unpaired) electrons. The maximum Gasteiger partial charge on any atom is 0.406 e. The molecule has 8 rings (SSSR count). The predicted molar refractivity (Wildman–Crippen MR) is 238 cm³/mol. The van der Waals surface area contributed by atoms with Crippen molar-refractivity contribution in [2.75, 3.05) is 13.2 Å². The molecule has 4 aliphatic rings. The number of aliphatic hydroxyl groups excluding tert-OH is 1. The first kappa shape index (κ1) is 47.5. The Bertz CT molecular complexity index is 2320. The Hall–Kier alpha value is -4.98. The van der Waals surface area contributed by atoms with Crippen LogP contribution in [0.1, 0.15) is 99.3 Å². The highest BCUT2D eigenvalue weighted by Gasteiger charge is 2.40. The topological polar surface area (TPSA) is 199 Å². The minimum Gasteiger partial charge on any atom is -0.501 e. The number of hydrogen-bond donors (Lipinski definition) is 2. The Balaban J connectivity index is 0.000000177. The van der Waals surface area contributed by atoms with Crippen molar-refractivity contribution in [1.82, 2.24) is 9.97 Å². The number of aromatic hydroxyl groups is 1. The Morgan fingerprint density at radius 2 is 1.22 bits per heavy atom. The first-order valence-electron chi connectivity index (χ1n) is 20.8. The van der Waals surface area contributed by atoms with Crippen LogP contribution in [-0.4, -0.2) is 67.0 Å². The molecule has 2 aromatic carbocycles. The van der Waals surface area contributed by atoms with Crippen LogP contribution < -0.4 is 4.74 Å². The van der Waals surface area contributed by atoms with Gasteiger partial charge in [0.2, 0.25) is 11.5 Å². The molecule has 15 nitrogen and oxygen atoms in total. The number of nitro groups is 2. The standard InChI is InChI=1S/C23H23BrN2O5.C18H22O3.C5H3BrN2O3/c24-19-14-20(22(25-15-19)26(27)28)30-16-18-6-3-5-17(13-18)8-11-23(9-4-10-23)31-21-7-1-2-12-29-21;19-14-16-6-3-5-15(13-16)8-11-18(9-4-10-18)21-17-7-1-2-12-20-17;6-3-1-4(9)5(7-2-3)8(10)11/h3,5-6,13-15,21H,1-2,4,7,9-10,12,16H2;3,5-6,13,17,19H,1-2,4,7,9-10,12,14H2;1-2,9H. The van der Waals surface area contributed by atoms with E-state index in [0.717, 1.165) is 106 Å². The molecule has 2 aliphatic heterocycles. The van der Waals surface area contributed by atoms with Crippen molar-refractivity contribution in [3.05, 3.63) is 124 Å². The van der Waals surface area contributed by atoms with Gasteiger partial charge in [0.25, 0.3) is 0 Å². The van der Waals surface area contributed by atoms with E-state index in [2.05, 4.69) is 65.5 Å². The minimum absolute atomic E-state index is 0.0487. The van der Waals surface area contributed by atoms with Crippen molar-refractivity contribution in [1.29, 1.82) is 0 Å². The number of rotatable bonds is 10. The van der Waals surface area contributed by atoms with Gasteiger partial charge in [0.05, 0.1) is 15.6 Å². The molecule has 0 spiro atoms. The molecular formula is C46H48Br2N4O11. The number of aromatic nitrogens is 2. The molecule has 0 amide bonds. The van der Waals surface area contributed by atoms with Gasteiger partial charge in [0.1, 0.15) is 17.8 Å². The number of nitrogens with zero attached hydrogens (tertiary/aromatic N) is 4. The zero-order valence-corrected chi connectivity index (χ0v) is 37.7. The summed E-state index contributed by atoms with van der Waals surface area (Å²) in [6.45, 7) is 1.77. The van der Waals surface area contributed by atoms with Crippen molar-refractivity contribution < 1.29 is 43.7 Å². The first-order chi connectivity index (χ1) is 30.4. The highest BCUT2D eigenvalue weighted by atomic mass is 79.9. The summed E-state index contributed by atoms with van der Waals surface area (Å²) in [7, 11) is 0. The molecule has 2 saturated heterocycles. The molecule has 2 saturated carbocycles. The Morgan fingerprint density at radius 1 is 0.714 bits per heavy atom. The van der Waals surface area contributed by atoms with E-state index in [4.69, 9.17) is 28.8 Å². The number of ether oxygens (including phenoxy) is 5. The summed E-state index contributed by atoms with van der Waals surface area (Å²) in [5.74, 6) is 11.9. The van der Waals surface area contributed by atoms with Crippen LogP contribution in [0.4, 0.5) is 11.6 Å². The van der Waals surface area contributed by atoms with Gasteiger partial charge in [-0.25, -0.2) is 0 Å². The second-order valence-corrected chi connectivity index (χ2v) is 17.2. The molecule has 2 atom stereocenters. The second kappa shape index (κ2) is 23.1. The number of hydrogen-bond acceptors (Lipinski definition) is 13. The number of halogens is 2. The van der Waals surface area contributed by atoms with Gasteiger partial charge in [-0.3, -0.25) is 0 Å². The highest BCUT2D eigenvalue weighted by molar-refractivity contribution is 9.10. The molecule has 2 unspecified atom stereocenters. The second-order valence-electron chi connectivity index (χ2n) is 15.4. The summed E-state index contributed by atoms with van der Waals surface area (Å²) in [4.78, 5) is 27.1. The van der Waals surface area contributed by atoms with E-state index in [1.165, 1.54) is 24.9 Å². The van der Waals surface area contributed by atoms with E-state index in [9.17, 15) is 25.3 Å². The van der Waals surface area contributed by atoms with E-state index in [1.807, 2.05) is 48.5 Å². The molecule has 4 heterocycles. The van der Waals surface area contributed by atoms with Gasteiger partial charge >= 0.3 is 11.6 Å². The summed E-state index contributed by atoms with van der Waals surface area (Å²) in [6, 6.07) is 18.1. The van der Waals surface area contributed by atoms with Gasteiger partial charge in [-0.2, -0.15) is 0 Å². The summed E-state index contributed by atoms with van der Waals surface area (Å²) >= 11 is 6.27. The van der Waals surface area contributed by atoms with Crippen LogP contribution >= 0.6 is 31.9 Å². The molecule has 2 aromatic heterocycles. The highest BCUT2D eigenvalue weighted by Crippen LogP contribution is 2.39. The molecule has 63 heavy (non-hydrogen) atoms. The van der Waals surface area contributed by atoms with E-state index in [0.29, 0.717) is 8.95 Å². The van der Waals surface area contributed by atoms with Crippen LogP contribution in [0, 0.1) is 43.9 Å². The summed E-state index contributed by atoms with van der Waals surface area (Å²) in [6.07, 6.45) is 14.9. The number of aliphatic hydroxyl groups is 1. The zero-order valence-electron chi connectivity index (χ0n) is 34.5. The van der Waals surface area contributed by atoms with E-state index in [-0.39, 0.29) is 43.0 Å². The van der Waals surface area contributed by atoms with Gasteiger partial charge in [0.15, 0.2) is 25.0 Å². The van der Waals surface area contributed by atoms with Crippen molar-refractivity contribution in [2.24, 2.45) is 0 Å². The van der Waals surface area contributed by atoms with Gasteiger partial charge < -0.3 is 54.1 Å². The molecule has 332 valence electrons. The van der Waals surface area contributed by atoms with Crippen LogP contribution in [0.15, 0.2) is 82.0 Å². The molecule has 2 N–H and O–H groups in total. The molecule has 17 heteroatoms. The van der Waals surface area contributed by atoms with Crippen LogP contribution in [-0.2, 0) is 32.2 Å². The fourth-order valence-electron chi connectivity index (χ4n) is 6.89. The SMILES string of the molecule is O=[N+]([O-])c1ncc(Br)cc1O.O=[N+]([O-])c1ncc(Br)cc1OCc1cccc(C#CC2(OC3CCCCO3)CCC2)c1.OCc1cccc(C#CC2(OC3CCCCO3)CCC2)c1. The Morgan fingerprint density at radius 3 is 1.68 bits per heavy atom. The lowest BCUT2D eigenvalue weighted by Gasteiger charge is -2.40. The summed E-state index contributed by atoms with van der Waals surface area (Å²) in [5.41, 5.74) is 2.79. The van der Waals surface area contributed by atoms with Crippen LogP contribution in [0.3, 0.4) is 0 Å². The third-order valence-corrected chi connectivity index (χ3v) is 11.4. The molecule has 2 aliphatic carbocycles. The lowest BCUT2D eigenvalue weighted by Crippen LogP contribution is -2.43.